The smallest absolute Gasteiger partial charge is 0.263 e. The number of thiophene rings is 1. The molecule has 0 aliphatic carbocycles. The Morgan fingerprint density at radius 1 is 1.52 bits per heavy atom. The molecule has 0 saturated carbocycles. The number of carbonyl (C=O) groups is 1. The number of nitrogen functional groups attached to an aromatic ring is 1. The van der Waals surface area contributed by atoms with Gasteiger partial charge in [0.05, 0.1) is 5.69 Å². The van der Waals surface area contributed by atoms with Crippen LogP contribution < -0.4 is 11.1 Å². The lowest BCUT2D eigenvalue weighted by molar-refractivity contribution is 0.0948. The summed E-state index contributed by atoms with van der Waals surface area (Å²) in [4.78, 5) is 17.8. The summed E-state index contributed by atoms with van der Waals surface area (Å²) in [5.74, 6) is 0.146. The van der Waals surface area contributed by atoms with Crippen LogP contribution >= 0.6 is 11.3 Å². The Kier molecular flexibility index (Phi) is 5.52. The van der Waals surface area contributed by atoms with E-state index in [4.69, 9.17) is 10.8 Å². The van der Waals surface area contributed by atoms with Gasteiger partial charge < -0.3 is 16.2 Å². The standard InChI is InChI=1S/C15H21N3O2S/c1-2-4-10(6-8-19)9-18-14(20)13-12(16)11-5-3-7-17-15(11)21-13/h3,5,7,10,19H,2,4,6,8-9,16H2,1H3,(H,18,20). The molecule has 0 aliphatic heterocycles. The molecule has 0 aromatic carbocycles. The predicted molar refractivity (Wildman–Crippen MR) is 86.5 cm³/mol. The van der Waals surface area contributed by atoms with Crippen LogP contribution in [0.1, 0.15) is 35.9 Å². The Morgan fingerprint density at radius 3 is 3.00 bits per heavy atom. The highest BCUT2D eigenvalue weighted by Gasteiger charge is 2.17. The van der Waals surface area contributed by atoms with Crippen LogP contribution in [0.5, 0.6) is 0 Å². The Balaban J connectivity index is 2.06. The fourth-order valence-electron chi connectivity index (χ4n) is 2.38. The van der Waals surface area contributed by atoms with Gasteiger partial charge in [-0.1, -0.05) is 13.3 Å². The minimum Gasteiger partial charge on any atom is -0.397 e. The first kappa shape index (κ1) is 15.7. The van der Waals surface area contributed by atoms with Crippen molar-refractivity contribution in [1.29, 1.82) is 0 Å². The Labute approximate surface area is 128 Å². The summed E-state index contributed by atoms with van der Waals surface area (Å²) >= 11 is 1.31. The van der Waals surface area contributed by atoms with E-state index in [-0.39, 0.29) is 12.5 Å². The largest absolute Gasteiger partial charge is 0.397 e. The van der Waals surface area contributed by atoms with Gasteiger partial charge in [-0.3, -0.25) is 4.79 Å². The van der Waals surface area contributed by atoms with Gasteiger partial charge in [-0.2, -0.15) is 0 Å². The summed E-state index contributed by atoms with van der Waals surface area (Å²) < 4.78 is 0. The molecule has 0 spiro atoms. The van der Waals surface area contributed by atoms with Gasteiger partial charge in [0.15, 0.2) is 0 Å². The highest BCUT2D eigenvalue weighted by Crippen LogP contribution is 2.31. The Hall–Kier alpha value is -1.66. The normalized spacial score (nSPS) is 12.5. The number of nitrogens with zero attached hydrogens (tertiary/aromatic N) is 1. The van der Waals surface area contributed by atoms with E-state index in [1.165, 1.54) is 11.3 Å². The average molecular weight is 307 g/mol. The second-order valence-corrected chi connectivity index (χ2v) is 6.08. The number of carbonyl (C=O) groups excluding carboxylic acids is 1. The number of rotatable bonds is 7. The number of pyridine rings is 1. The minimum absolute atomic E-state index is 0.148. The number of nitrogens with two attached hydrogens (primary N) is 1. The van der Waals surface area contributed by atoms with E-state index >= 15 is 0 Å². The van der Waals surface area contributed by atoms with Gasteiger partial charge in [0, 0.05) is 24.7 Å². The van der Waals surface area contributed by atoms with Crippen LogP contribution in [0.3, 0.4) is 0 Å². The number of anilines is 1. The number of fused-ring (bicyclic) bond motifs is 1. The predicted octanol–water partition coefficient (Wildman–Crippen LogP) is 2.41. The summed E-state index contributed by atoms with van der Waals surface area (Å²) in [5, 5.41) is 12.8. The number of nitrogens with one attached hydrogen (secondary N) is 1. The lowest BCUT2D eigenvalue weighted by atomic mass is 10.0. The van der Waals surface area contributed by atoms with E-state index in [2.05, 4.69) is 17.2 Å². The first-order valence-corrected chi connectivity index (χ1v) is 8.01. The molecule has 0 radical (unpaired) electrons. The zero-order valence-corrected chi connectivity index (χ0v) is 12.9. The number of aromatic nitrogens is 1. The maximum absolute atomic E-state index is 12.3. The molecule has 4 N–H and O–H groups in total. The van der Waals surface area contributed by atoms with E-state index in [0.717, 1.165) is 23.1 Å². The lowest BCUT2D eigenvalue weighted by Gasteiger charge is -2.15. The topological polar surface area (TPSA) is 88.2 Å². The molecule has 0 aliphatic rings. The van der Waals surface area contributed by atoms with E-state index in [1.54, 1.807) is 6.20 Å². The van der Waals surface area contributed by atoms with Crippen LogP contribution in [0.4, 0.5) is 5.69 Å². The molecule has 2 rings (SSSR count). The Morgan fingerprint density at radius 2 is 2.33 bits per heavy atom. The second kappa shape index (κ2) is 7.38. The van der Waals surface area contributed by atoms with Gasteiger partial charge in [-0.15, -0.1) is 11.3 Å². The SMILES string of the molecule is CCCC(CCO)CNC(=O)c1sc2ncccc2c1N. The molecular formula is C15H21N3O2S. The number of aliphatic hydroxyl groups is 1. The summed E-state index contributed by atoms with van der Waals surface area (Å²) in [6.45, 7) is 2.81. The molecule has 0 saturated heterocycles. The Bertz CT molecular complexity index is 606. The van der Waals surface area contributed by atoms with Gasteiger partial charge in [-0.25, -0.2) is 4.98 Å². The third-order valence-electron chi connectivity index (χ3n) is 3.50. The van der Waals surface area contributed by atoms with Crippen molar-refractivity contribution in [3.8, 4) is 0 Å². The molecule has 0 bridgehead atoms. The van der Waals surface area contributed by atoms with Crippen LogP contribution in [-0.4, -0.2) is 29.1 Å². The number of hydrogen-bond acceptors (Lipinski definition) is 5. The van der Waals surface area contributed by atoms with Crippen LogP contribution in [-0.2, 0) is 0 Å². The van der Waals surface area contributed by atoms with E-state index in [9.17, 15) is 4.79 Å². The fourth-order valence-corrected chi connectivity index (χ4v) is 3.36. The molecule has 21 heavy (non-hydrogen) atoms. The molecule has 2 aromatic heterocycles. The molecule has 2 aromatic rings. The molecule has 2 heterocycles. The van der Waals surface area contributed by atoms with Crippen molar-refractivity contribution in [3.63, 3.8) is 0 Å². The van der Waals surface area contributed by atoms with E-state index in [1.807, 2.05) is 12.1 Å². The van der Waals surface area contributed by atoms with Gasteiger partial charge in [0.2, 0.25) is 0 Å². The van der Waals surface area contributed by atoms with Crippen molar-refractivity contribution in [2.24, 2.45) is 5.92 Å². The lowest BCUT2D eigenvalue weighted by Crippen LogP contribution is -2.29. The van der Waals surface area contributed by atoms with Crippen molar-refractivity contribution in [2.45, 2.75) is 26.2 Å². The third-order valence-corrected chi connectivity index (χ3v) is 4.62. The minimum atomic E-state index is -0.158. The summed E-state index contributed by atoms with van der Waals surface area (Å²) in [6, 6.07) is 3.68. The zero-order valence-electron chi connectivity index (χ0n) is 12.1. The first-order valence-electron chi connectivity index (χ1n) is 7.19. The number of aliphatic hydroxyl groups excluding tert-OH is 1. The van der Waals surface area contributed by atoms with Crippen molar-refractivity contribution >= 4 is 33.1 Å². The monoisotopic (exact) mass is 307 g/mol. The van der Waals surface area contributed by atoms with E-state index < -0.39 is 0 Å². The summed E-state index contributed by atoms with van der Waals surface area (Å²) in [6.07, 6.45) is 4.43. The molecule has 1 atom stereocenters. The number of amides is 1. The molecule has 1 unspecified atom stereocenters. The van der Waals surface area contributed by atoms with Crippen LogP contribution in [0.25, 0.3) is 10.2 Å². The molecule has 0 fully saturated rings. The highest BCUT2D eigenvalue weighted by molar-refractivity contribution is 7.21. The number of hydrogen-bond donors (Lipinski definition) is 3. The molecular weight excluding hydrogens is 286 g/mol. The van der Waals surface area contributed by atoms with Crippen molar-refractivity contribution in [2.75, 3.05) is 18.9 Å². The third kappa shape index (κ3) is 3.71. The van der Waals surface area contributed by atoms with E-state index in [0.29, 0.717) is 29.4 Å². The van der Waals surface area contributed by atoms with Gasteiger partial charge >= 0.3 is 0 Å². The summed E-state index contributed by atoms with van der Waals surface area (Å²) in [5.41, 5.74) is 6.53. The van der Waals surface area contributed by atoms with Crippen LogP contribution in [0.15, 0.2) is 18.3 Å². The first-order chi connectivity index (χ1) is 10.2. The summed E-state index contributed by atoms with van der Waals surface area (Å²) in [7, 11) is 0. The van der Waals surface area contributed by atoms with Crippen molar-refractivity contribution in [3.05, 3.63) is 23.2 Å². The van der Waals surface area contributed by atoms with Gasteiger partial charge in [-0.05, 0) is 30.9 Å². The average Bonchev–Trinajstić information content (AvgIpc) is 2.83. The molecule has 6 heteroatoms. The second-order valence-electron chi connectivity index (χ2n) is 5.08. The van der Waals surface area contributed by atoms with Crippen molar-refractivity contribution in [1.82, 2.24) is 10.3 Å². The fraction of sp³-hybridized carbons (Fsp3) is 0.467. The quantitative estimate of drug-likeness (QED) is 0.733. The molecule has 114 valence electrons. The maximum atomic E-state index is 12.3. The van der Waals surface area contributed by atoms with Gasteiger partial charge in [0.25, 0.3) is 5.91 Å². The maximum Gasteiger partial charge on any atom is 0.263 e. The zero-order chi connectivity index (χ0) is 15.2. The van der Waals surface area contributed by atoms with Crippen LogP contribution in [0, 0.1) is 5.92 Å². The highest BCUT2D eigenvalue weighted by atomic mass is 32.1. The molecule has 1 amide bonds. The molecule has 5 nitrogen and oxygen atoms in total. The van der Waals surface area contributed by atoms with Gasteiger partial charge in [0.1, 0.15) is 9.71 Å². The van der Waals surface area contributed by atoms with Crippen molar-refractivity contribution < 1.29 is 9.90 Å². The van der Waals surface area contributed by atoms with Crippen LogP contribution in [0.2, 0.25) is 0 Å².